The van der Waals surface area contributed by atoms with Crippen LogP contribution in [0.25, 0.3) is 22.2 Å². The molecule has 0 fully saturated rings. The molecule has 3 aromatic heterocycles. The van der Waals surface area contributed by atoms with Gasteiger partial charge in [0.1, 0.15) is 17.7 Å². The number of alkyl halides is 3. The fraction of sp³-hybridized carbons (Fsp3) is 0.235. The van der Waals surface area contributed by atoms with Gasteiger partial charge >= 0.3 is 6.18 Å². The number of fused-ring (bicyclic) bond motifs is 1. The van der Waals surface area contributed by atoms with Gasteiger partial charge in [-0.15, -0.1) is 0 Å². The predicted octanol–water partition coefficient (Wildman–Crippen LogP) is 3.27. The number of aromatic nitrogens is 3. The van der Waals surface area contributed by atoms with Crippen molar-refractivity contribution in [2.45, 2.75) is 18.6 Å². The lowest BCUT2D eigenvalue weighted by Crippen LogP contribution is -2.51. The summed E-state index contributed by atoms with van der Waals surface area (Å²) in [7, 11) is 0. The van der Waals surface area contributed by atoms with Gasteiger partial charge in [0.2, 0.25) is 11.9 Å². The molecule has 0 aliphatic heterocycles. The Morgan fingerprint density at radius 3 is 2.68 bits per heavy atom. The van der Waals surface area contributed by atoms with Gasteiger partial charge in [0.15, 0.2) is 0 Å². The molecule has 0 aliphatic carbocycles. The van der Waals surface area contributed by atoms with E-state index in [2.05, 4.69) is 15.0 Å². The molecule has 148 valence electrons. The van der Waals surface area contributed by atoms with Crippen molar-refractivity contribution in [1.29, 1.82) is 0 Å². The molecule has 0 aliphatic rings. The predicted molar refractivity (Wildman–Crippen MR) is 94.9 cm³/mol. The van der Waals surface area contributed by atoms with Gasteiger partial charge in [-0.2, -0.15) is 17.6 Å². The average Bonchev–Trinajstić information content (AvgIpc) is 3.02. The lowest BCUT2D eigenvalue weighted by Gasteiger charge is -2.25. The molecule has 0 saturated carbocycles. The fourth-order valence-electron chi connectivity index (χ4n) is 2.66. The smallest absolute Gasteiger partial charge is 0.346 e. The van der Waals surface area contributed by atoms with E-state index in [4.69, 9.17) is 17.3 Å². The molecule has 0 radical (unpaired) electrons. The summed E-state index contributed by atoms with van der Waals surface area (Å²) in [5, 5.41) is 2.65. The maximum Gasteiger partial charge on any atom is 0.405 e. The number of aromatic amines is 1. The number of rotatable bonds is 4. The number of H-pyrrole nitrogens is 1. The van der Waals surface area contributed by atoms with Crippen molar-refractivity contribution in [2.24, 2.45) is 5.73 Å². The van der Waals surface area contributed by atoms with Gasteiger partial charge in [0, 0.05) is 40.7 Å². The first-order chi connectivity index (χ1) is 13.0. The average molecular weight is 416 g/mol. The number of pyridine rings is 2. The highest BCUT2D eigenvalue weighted by Crippen LogP contribution is 2.32. The number of nitrogens with zero attached hydrogens (tertiary/aromatic N) is 2. The minimum absolute atomic E-state index is 0.353. The summed E-state index contributed by atoms with van der Waals surface area (Å²) in [6, 6.07) is 2.90. The van der Waals surface area contributed by atoms with Gasteiger partial charge in [-0.05, 0) is 19.1 Å². The lowest BCUT2D eigenvalue weighted by molar-refractivity contribution is -0.141. The van der Waals surface area contributed by atoms with E-state index >= 15 is 0 Å². The normalized spacial score (nSPS) is 14.1. The Hall–Kier alpha value is -2.72. The van der Waals surface area contributed by atoms with Crippen LogP contribution in [0.4, 0.5) is 17.6 Å². The number of halogens is 5. The topological polar surface area (TPSA) is 96.7 Å². The highest BCUT2D eigenvalue weighted by atomic mass is 35.5. The molecule has 1 amide bonds. The van der Waals surface area contributed by atoms with Crippen LogP contribution in [0.2, 0.25) is 5.02 Å². The van der Waals surface area contributed by atoms with Crippen molar-refractivity contribution in [3.05, 3.63) is 47.3 Å². The van der Waals surface area contributed by atoms with Crippen LogP contribution in [0.1, 0.15) is 12.5 Å². The summed E-state index contributed by atoms with van der Waals surface area (Å²) >= 11 is 5.96. The molecule has 3 heterocycles. The summed E-state index contributed by atoms with van der Waals surface area (Å²) in [5.74, 6) is -2.25. The first-order valence-electron chi connectivity index (χ1n) is 7.92. The zero-order chi connectivity index (χ0) is 20.7. The minimum atomic E-state index is -4.62. The Labute approximate surface area is 161 Å². The van der Waals surface area contributed by atoms with Crippen molar-refractivity contribution < 1.29 is 22.4 Å². The standard InChI is InChI=1S/C17H14ClF4N5O/c1-16(23,15(28)27-7-17(20,21)22)12-2-8(4-24-13(12)19)11-6-26-14-10(11)3-9(18)5-25-14/h2-6H,7,23H2,1H3,(H,25,26)(H,27,28)/t16-/m1/s1. The number of nitrogens with one attached hydrogen (secondary N) is 2. The summed E-state index contributed by atoms with van der Waals surface area (Å²) < 4.78 is 51.3. The Balaban J connectivity index is 2.01. The monoisotopic (exact) mass is 415 g/mol. The molecule has 6 nitrogen and oxygen atoms in total. The van der Waals surface area contributed by atoms with E-state index in [0.29, 0.717) is 27.2 Å². The largest absolute Gasteiger partial charge is 0.405 e. The van der Waals surface area contributed by atoms with E-state index in [0.717, 1.165) is 6.92 Å². The third kappa shape index (κ3) is 3.92. The molecule has 0 aromatic carbocycles. The zero-order valence-corrected chi connectivity index (χ0v) is 15.1. The Morgan fingerprint density at radius 2 is 2.00 bits per heavy atom. The van der Waals surface area contributed by atoms with Gasteiger partial charge < -0.3 is 16.0 Å². The molecular weight excluding hydrogens is 402 g/mol. The van der Waals surface area contributed by atoms with Crippen molar-refractivity contribution in [2.75, 3.05) is 6.54 Å². The van der Waals surface area contributed by atoms with Crippen LogP contribution >= 0.6 is 11.6 Å². The van der Waals surface area contributed by atoms with Crippen LogP contribution in [0.5, 0.6) is 0 Å². The van der Waals surface area contributed by atoms with Crippen molar-refractivity contribution >= 4 is 28.5 Å². The molecule has 0 unspecified atom stereocenters. The second-order valence-corrected chi connectivity index (χ2v) is 6.75. The SMILES string of the molecule is C[C@](N)(C(=O)NCC(F)(F)F)c1cc(-c2c[nH]c3ncc(Cl)cc23)cnc1F. The van der Waals surface area contributed by atoms with E-state index in [1.165, 1.54) is 18.5 Å². The van der Waals surface area contributed by atoms with Crippen LogP contribution in [-0.4, -0.2) is 33.6 Å². The molecule has 0 bridgehead atoms. The number of carbonyl (C=O) groups is 1. The molecule has 3 aromatic rings. The van der Waals surface area contributed by atoms with Crippen molar-refractivity contribution in [3.63, 3.8) is 0 Å². The van der Waals surface area contributed by atoms with Gasteiger partial charge in [0.05, 0.1) is 5.02 Å². The van der Waals surface area contributed by atoms with Gasteiger partial charge in [-0.3, -0.25) is 4.79 Å². The van der Waals surface area contributed by atoms with E-state index in [9.17, 15) is 22.4 Å². The number of hydrogen-bond donors (Lipinski definition) is 3. The van der Waals surface area contributed by atoms with E-state index in [1.54, 1.807) is 17.6 Å². The molecule has 28 heavy (non-hydrogen) atoms. The van der Waals surface area contributed by atoms with Crippen LogP contribution in [0.3, 0.4) is 0 Å². The van der Waals surface area contributed by atoms with Gasteiger partial charge in [-0.25, -0.2) is 9.97 Å². The molecule has 1 atom stereocenters. The summed E-state index contributed by atoms with van der Waals surface area (Å²) in [5.41, 5.74) is 4.89. The second-order valence-electron chi connectivity index (χ2n) is 6.31. The van der Waals surface area contributed by atoms with E-state index in [-0.39, 0.29) is 5.56 Å². The second kappa shape index (κ2) is 7.02. The quantitative estimate of drug-likeness (QED) is 0.450. The highest BCUT2D eigenvalue weighted by molar-refractivity contribution is 6.31. The van der Waals surface area contributed by atoms with Gasteiger partial charge in [0.25, 0.3) is 0 Å². The lowest BCUT2D eigenvalue weighted by atomic mass is 9.91. The maximum atomic E-state index is 14.3. The molecule has 11 heteroatoms. The zero-order valence-electron chi connectivity index (χ0n) is 14.4. The third-order valence-electron chi connectivity index (χ3n) is 4.13. The Kier molecular flexibility index (Phi) is 5.02. The number of nitrogens with two attached hydrogens (primary N) is 1. The molecule has 0 saturated heterocycles. The summed E-state index contributed by atoms with van der Waals surface area (Å²) in [4.78, 5) is 22.8. The molecule has 0 spiro atoms. The minimum Gasteiger partial charge on any atom is -0.346 e. The third-order valence-corrected chi connectivity index (χ3v) is 4.34. The highest BCUT2D eigenvalue weighted by Gasteiger charge is 2.37. The first kappa shape index (κ1) is 20.0. The first-order valence-corrected chi connectivity index (χ1v) is 8.30. The fourth-order valence-corrected chi connectivity index (χ4v) is 2.82. The summed E-state index contributed by atoms with van der Waals surface area (Å²) in [6.45, 7) is -0.476. The van der Waals surface area contributed by atoms with E-state index < -0.39 is 30.1 Å². The molecular formula is C17H14ClF4N5O. The van der Waals surface area contributed by atoms with Crippen LogP contribution in [0.15, 0.2) is 30.7 Å². The Bertz CT molecular complexity index is 1050. The molecule has 3 rings (SSSR count). The number of hydrogen-bond acceptors (Lipinski definition) is 4. The number of carbonyl (C=O) groups excluding carboxylic acids is 1. The van der Waals surface area contributed by atoms with Gasteiger partial charge in [-0.1, -0.05) is 11.6 Å². The van der Waals surface area contributed by atoms with E-state index in [1.807, 2.05) is 0 Å². The van der Waals surface area contributed by atoms with Crippen molar-refractivity contribution in [1.82, 2.24) is 20.3 Å². The Morgan fingerprint density at radius 1 is 1.29 bits per heavy atom. The maximum absolute atomic E-state index is 14.3. The summed E-state index contributed by atoms with van der Waals surface area (Å²) in [6.07, 6.45) is -0.378. The van der Waals surface area contributed by atoms with Crippen LogP contribution in [-0.2, 0) is 10.3 Å². The van der Waals surface area contributed by atoms with Crippen LogP contribution in [0, 0.1) is 5.95 Å². The molecule has 4 N–H and O–H groups in total. The van der Waals surface area contributed by atoms with Crippen LogP contribution < -0.4 is 11.1 Å². The van der Waals surface area contributed by atoms with Crippen molar-refractivity contribution in [3.8, 4) is 11.1 Å². The number of amides is 1.